The SMILES string of the molecule is COc1ccc(N2CC(C(=O)N3CCN(c4ccc(N5CCOCC5)nn4)CC3)CC2=O)cc1. The van der Waals surface area contributed by atoms with E-state index >= 15 is 0 Å². The number of benzene rings is 1. The lowest BCUT2D eigenvalue weighted by molar-refractivity contribution is -0.136. The third kappa shape index (κ3) is 4.63. The van der Waals surface area contributed by atoms with Gasteiger partial charge >= 0.3 is 0 Å². The van der Waals surface area contributed by atoms with Gasteiger partial charge in [0.05, 0.1) is 26.2 Å². The van der Waals surface area contributed by atoms with E-state index in [1.54, 1.807) is 12.0 Å². The molecular weight excluding hydrogens is 436 g/mol. The molecule has 3 aliphatic heterocycles. The number of carbonyl (C=O) groups excluding carboxylic acids is 2. The van der Waals surface area contributed by atoms with Gasteiger partial charge in [-0.25, -0.2) is 0 Å². The summed E-state index contributed by atoms with van der Waals surface area (Å²) < 4.78 is 10.6. The molecule has 1 aromatic carbocycles. The van der Waals surface area contributed by atoms with Crippen LogP contribution < -0.4 is 19.4 Å². The number of aromatic nitrogens is 2. The summed E-state index contributed by atoms with van der Waals surface area (Å²) in [4.78, 5) is 33.7. The monoisotopic (exact) mass is 466 g/mol. The molecule has 5 rings (SSSR count). The summed E-state index contributed by atoms with van der Waals surface area (Å²) >= 11 is 0. The molecule has 3 saturated heterocycles. The van der Waals surface area contributed by atoms with Crippen LogP contribution >= 0.6 is 0 Å². The van der Waals surface area contributed by atoms with Gasteiger partial charge in [0.2, 0.25) is 11.8 Å². The molecule has 0 saturated carbocycles. The van der Waals surface area contributed by atoms with Gasteiger partial charge in [-0.3, -0.25) is 9.59 Å². The van der Waals surface area contributed by atoms with E-state index in [0.717, 1.165) is 36.2 Å². The number of hydrogen-bond acceptors (Lipinski definition) is 8. The third-order valence-electron chi connectivity index (χ3n) is 6.75. The van der Waals surface area contributed by atoms with Crippen molar-refractivity contribution in [1.29, 1.82) is 0 Å². The Morgan fingerprint density at radius 2 is 1.53 bits per heavy atom. The Hall–Kier alpha value is -3.40. The number of nitrogens with zero attached hydrogens (tertiary/aromatic N) is 6. The Morgan fingerprint density at radius 1 is 0.912 bits per heavy atom. The molecule has 0 spiro atoms. The summed E-state index contributed by atoms with van der Waals surface area (Å²) in [7, 11) is 1.61. The van der Waals surface area contributed by atoms with Crippen LogP contribution in [0.3, 0.4) is 0 Å². The second-order valence-electron chi connectivity index (χ2n) is 8.76. The zero-order valence-corrected chi connectivity index (χ0v) is 19.4. The van der Waals surface area contributed by atoms with Crippen LogP contribution in [-0.4, -0.2) is 93.0 Å². The molecule has 0 aliphatic carbocycles. The summed E-state index contributed by atoms with van der Waals surface area (Å²) in [5, 5.41) is 8.82. The van der Waals surface area contributed by atoms with E-state index in [1.165, 1.54) is 0 Å². The van der Waals surface area contributed by atoms with Gasteiger partial charge in [-0.2, -0.15) is 0 Å². The van der Waals surface area contributed by atoms with Gasteiger partial charge < -0.3 is 29.1 Å². The molecule has 1 aromatic heterocycles. The first-order valence-corrected chi connectivity index (χ1v) is 11.8. The molecular formula is C24H30N6O4. The second-order valence-corrected chi connectivity index (χ2v) is 8.76. The van der Waals surface area contributed by atoms with E-state index in [0.29, 0.717) is 45.9 Å². The van der Waals surface area contributed by atoms with Crippen molar-refractivity contribution >= 4 is 29.1 Å². The molecule has 10 nitrogen and oxygen atoms in total. The normalized spacial score (nSPS) is 21.2. The molecule has 0 bridgehead atoms. The van der Waals surface area contributed by atoms with Crippen LogP contribution in [0.2, 0.25) is 0 Å². The fraction of sp³-hybridized carbons (Fsp3) is 0.500. The lowest BCUT2D eigenvalue weighted by atomic mass is 10.1. The minimum Gasteiger partial charge on any atom is -0.497 e. The maximum Gasteiger partial charge on any atom is 0.228 e. The van der Waals surface area contributed by atoms with Crippen molar-refractivity contribution in [3.05, 3.63) is 36.4 Å². The summed E-state index contributed by atoms with van der Waals surface area (Å²) in [6, 6.07) is 11.4. The lowest BCUT2D eigenvalue weighted by Crippen LogP contribution is -2.51. The van der Waals surface area contributed by atoms with Gasteiger partial charge in [-0.1, -0.05) is 0 Å². The Morgan fingerprint density at radius 3 is 2.12 bits per heavy atom. The average Bonchev–Trinajstić information content (AvgIpc) is 3.30. The molecule has 1 unspecified atom stereocenters. The fourth-order valence-corrected chi connectivity index (χ4v) is 4.75. The Balaban J connectivity index is 1.15. The average molecular weight is 467 g/mol. The van der Waals surface area contributed by atoms with Crippen LogP contribution in [0.15, 0.2) is 36.4 Å². The molecule has 3 fully saturated rings. The first-order valence-electron chi connectivity index (χ1n) is 11.8. The molecule has 1 atom stereocenters. The molecule has 2 amide bonds. The summed E-state index contributed by atoms with van der Waals surface area (Å²) in [5.41, 5.74) is 0.796. The molecule has 0 radical (unpaired) electrons. The Kier molecular flexibility index (Phi) is 6.48. The van der Waals surface area contributed by atoms with Crippen LogP contribution in [0, 0.1) is 5.92 Å². The highest BCUT2D eigenvalue weighted by Gasteiger charge is 2.38. The zero-order valence-electron chi connectivity index (χ0n) is 19.4. The van der Waals surface area contributed by atoms with E-state index in [2.05, 4.69) is 20.0 Å². The second kappa shape index (κ2) is 9.84. The Bertz CT molecular complexity index is 1000. The summed E-state index contributed by atoms with van der Waals surface area (Å²) in [6.45, 7) is 6.10. The molecule has 4 heterocycles. The first-order chi connectivity index (χ1) is 16.6. The van der Waals surface area contributed by atoms with E-state index in [9.17, 15) is 9.59 Å². The topological polar surface area (TPSA) is 91.3 Å². The number of ether oxygens (including phenoxy) is 2. The number of hydrogen-bond donors (Lipinski definition) is 0. The Labute approximate surface area is 199 Å². The molecule has 2 aromatic rings. The quantitative estimate of drug-likeness (QED) is 0.645. The first kappa shape index (κ1) is 22.4. The third-order valence-corrected chi connectivity index (χ3v) is 6.75. The number of amides is 2. The number of piperazine rings is 1. The number of methoxy groups -OCH3 is 1. The summed E-state index contributed by atoms with van der Waals surface area (Å²) in [5.74, 6) is 2.16. The predicted molar refractivity (Wildman–Crippen MR) is 127 cm³/mol. The summed E-state index contributed by atoms with van der Waals surface area (Å²) in [6.07, 6.45) is 0.250. The van der Waals surface area contributed by atoms with E-state index in [1.807, 2.05) is 41.3 Å². The number of morpholine rings is 1. The van der Waals surface area contributed by atoms with Gasteiger partial charge in [-0.15, -0.1) is 10.2 Å². The van der Waals surface area contributed by atoms with Gasteiger partial charge in [0, 0.05) is 57.9 Å². The predicted octanol–water partition coefficient (Wildman–Crippen LogP) is 1.02. The van der Waals surface area contributed by atoms with E-state index in [4.69, 9.17) is 9.47 Å². The maximum atomic E-state index is 13.2. The van der Waals surface area contributed by atoms with Crippen LogP contribution in [0.25, 0.3) is 0 Å². The lowest BCUT2D eigenvalue weighted by Gasteiger charge is -2.36. The van der Waals surface area contributed by atoms with E-state index < -0.39 is 0 Å². The van der Waals surface area contributed by atoms with Crippen LogP contribution in [-0.2, 0) is 14.3 Å². The van der Waals surface area contributed by atoms with Gasteiger partial charge in [0.15, 0.2) is 11.6 Å². The van der Waals surface area contributed by atoms with Gasteiger partial charge in [-0.05, 0) is 36.4 Å². The van der Waals surface area contributed by atoms with Crippen molar-refractivity contribution in [2.24, 2.45) is 5.92 Å². The number of carbonyl (C=O) groups is 2. The molecule has 10 heteroatoms. The largest absolute Gasteiger partial charge is 0.497 e. The van der Waals surface area contributed by atoms with Crippen molar-refractivity contribution in [1.82, 2.24) is 15.1 Å². The zero-order chi connectivity index (χ0) is 23.5. The van der Waals surface area contributed by atoms with Crippen molar-refractivity contribution < 1.29 is 19.1 Å². The molecule has 180 valence electrons. The minimum atomic E-state index is -0.311. The van der Waals surface area contributed by atoms with E-state index in [-0.39, 0.29) is 24.2 Å². The van der Waals surface area contributed by atoms with Gasteiger partial charge in [0.1, 0.15) is 5.75 Å². The number of rotatable bonds is 5. The minimum absolute atomic E-state index is 0.0159. The van der Waals surface area contributed by atoms with Crippen molar-refractivity contribution in [3.8, 4) is 5.75 Å². The van der Waals surface area contributed by atoms with Gasteiger partial charge in [0.25, 0.3) is 0 Å². The molecule has 34 heavy (non-hydrogen) atoms. The highest BCUT2D eigenvalue weighted by Crippen LogP contribution is 2.28. The van der Waals surface area contributed by atoms with Crippen LogP contribution in [0.5, 0.6) is 5.75 Å². The van der Waals surface area contributed by atoms with Crippen LogP contribution in [0.1, 0.15) is 6.42 Å². The van der Waals surface area contributed by atoms with Crippen LogP contribution in [0.4, 0.5) is 17.3 Å². The standard InChI is InChI=1S/C24H30N6O4/c1-33-20-4-2-19(3-5-20)30-17-18(16-23(30)31)24(32)29-10-8-27(9-11-29)21-6-7-22(26-25-21)28-12-14-34-15-13-28/h2-7,18H,8-17H2,1H3. The molecule has 3 aliphatic rings. The highest BCUT2D eigenvalue weighted by atomic mass is 16.5. The maximum absolute atomic E-state index is 13.2. The molecule has 0 N–H and O–H groups in total. The van der Waals surface area contributed by atoms with Crippen molar-refractivity contribution in [2.45, 2.75) is 6.42 Å². The van der Waals surface area contributed by atoms with Crippen molar-refractivity contribution in [2.75, 3.05) is 80.8 Å². The highest BCUT2D eigenvalue weighted by molar-refractivity contribution is 6.00. The number of anilines is 3. The smallest absolute Gasteiger partial charge is 0.228 e. The fourth-order valence-electron chi connectivity index (χ4n) is 4.75. The van der Waals surface area contributed by atoms with Crippen molar-refractivity contribution in [3.63, 3.8) is 0 Å².